The highest BCUT2D eigenvalue weighted by molar-refractivity contribution is 6.30. The van der Waals surface area contributed by atoms with Crippen LogP contribution in [0.15, 0.2) is 30.3 Å². The molecule has 0 radical (unpaired) electrons. The lowest BCUT2D eigenvalue weighted by Gasteiger charge is -2.06. The molecule has 1 N–H and O–H groups in total. The Hall–Kier alpha value is -2.02. The highest BCUT2D eigenvalue weighted by Crippen LogP contribution is 2.19. The molecule has 8 heteroatoms. The Kier molecular flexibility index (Phi) is 4.22. The summed E-state index contributed by atoms with van der Waals surface area (Å²) in [7, 11) is 0. The maximum absolute atomic E-state index is 12.2. The van der Waals surface area contributed by atoms with E-state index in [2.05, 4.69) is 5.10 Å². The fourth-order valence-corrected chi connectivity index (χ4v) is 1.81. The van der Waals surface area contributed by atoms with E-state index in [1.807, 2.05) is 0 Å². The van der Waals surface area contributed by atoms with Crippen LogP contribution in [-0.2, 0) is 11.3 Å². The predicted molar refractivity (Wildman–Crippen MR) is 72.2 cm³/mol. The first-order valence-corrected chi connectivity index (χ1v) is 6.30. The Morgan fingerprint density at radius 3 is 2.52 bits per heavy atom. The molecule has 2 aromatic rings. The standard InChI is InChI=1S/C13H11ClF3N3O/c1-8-6-11(18-12(21)13(15,16)17)19-20(8)7-9-2-4-10(14)5-3-9/h2-6H,7H2,1H3,(H,18,19,21). The topological polar surface area (TPSA) is 46.9 Å². The van der Waals surface area contributed by atoms with E-state index in [4.69, 9.17) is 11.6 Å². The second-order valence-electron chi connectivity index (χ2n) is 4.41. The van der Waals surface area contributed by atoms with Crippen molar-refractivity contribution in [2.45, 2.75) is 19.6 Å². The van der Waals surface area contributed by atoms with E-state index >= 15 is 0 Å². The lowest BCUT2D eigenvalue weighted by atomic mass is 10.2. The van der Waals surface area contributed by atoms with Crippen molar-refractivity contribution >= 4 is 23.3 Å². The summed E-state index contributed by atoms with van der Waals surface area (Å²) < 4.78 is 38.0. The Morgan fingerprint density at radius 1 is 1.33 bits per heavy atom. The summed E-state index contributed by atoms with van der Waals surface area (Å²) in [6, 6.07) is 8.37. The number of amides is 1. The number of nitrogens with one attached hydrogen (secondary N) is 1. The van der Waals surface area contributed by atoms with Gasteiger partial charge in [-0.15, -0.1) is 0 Å². The molecule has 2 rings (SSSR count). The van der Waals surface area contributed by atoms with E-state index in [1.54, 1.807) is 36.5 Å². The second-order valence-corrected chi connectivity index (χ2v) is 4.84. The Balaban J connectivity index is 2.12. The number of alkyl halides is 3. The number of carbonyl (C=O) groups is 1. The van der Waals surface area contributed by atoms with Crippen LogP contribution in [0.3, 0.4) is 0 Å². The molecule has 0 unspecified atom stereocenters. The number of halogens is 4. The van der Waals surface area contributed by atoms with Crippen LogP contribution >= 0.6 is 11.6 Å². The maximum atomic E-state index is 12.2. The van der Waals surface area contributed by atoms with Gasteiger partial charge in [0.2, 0.25) is 0 Å². The molecular weight excluding hydrogens is 307 g/mol. The number of nitrogens with zero attached hydrogens (tertiary/aromatic N) is 2. The summed E-state index contributed by atoms with van der Waals surface area (Å²) in [4.78, 5) is 10.9. The van der Waals surface area contributed by atoms with Crippen molar-refractivity contribution in [2.24, 2.45) is 0 Å². The SMILES string of the molecule is Cc1cc(NC(=O)C(F)(F)F)nn1Cc1ccc(Cl)cc1. The number of benzene rings is 1. The van der Waals surface area contributed by atoms with Crippen LogP contribution in [-0.4, -0.2) is 21.9 Å². The van der Waals surface area contributed by atoms with Crippen LogP contribution in [0.5, 0.6) is 0 Å². The van der Waals surface area contributed by atoms with E-state index in [9.17, 15) is 18.0 Å². The molecule has 0 saturated carbocycles. The second kappa shape index (κ2) is 5.77. The summed E-state index contributed by atoms with van der Waals surface area (Å²) in [5.74, 6) is -2.18. The van der Waals surface area contributed by atoms with Crippen LogP contribution < -0.4 is 5.32 Å². The van der Waals surface area contributed by atoms with E-state index in [1.165, 1.54) is 10.7 Å². The number of rotatable bonds is 3. The summed E-state index contributed by atoms with van der Waals surface area (Å²) in [6.45, 7) is 2.05. The van der Waals surface area contributed by atoms with Crippen molar-refractivity contribution in [1.82, 2.24) is 9.78 Å². The van der Waals surface area contributed by atoms with Crippen LogP contribution in [0.1, 0.15) is 11.3 Å². The number of carbonyl (C=O) groups excluding carboxylic acids is 1. The molecule has 4 nitrogen and oxygen atoms in total. The quantitative estimate of drug-likeness (QED) is 0.943. The minimum absolute atomic E-state index is 0.135. The molecule has 0 saturated heterocycles. The van der Waals surface area contributed by atoms with Crippen molar-refractivity contribution in [2.75, 3.05) is 5.32 Å². The van der Waals surface area contributed by atoms with Gasteiger partial charge < -0.3 is 5.32 Å². The van der Waals surface area contributed by atoms with Gasteiger partial charge in [-0.1, -0.05) is 23.7 Å². The number of hydrogen-bond donors (Lipinski definition) is 1. The van der Waals surface area contributed by atoms with Crippen LogP contribution in [0.4, 0.5) is 19.0 Å². The third-order valence-electron chi connectivity index (χ3n) is 2.73. The minimum Gasteiger partial charge on any atom is -0.301 e. The average molecular weight is 318 g/mol. The Labute approximate surface area is 123 Å². The third kappa shape index (κ3) is 3.98. The molecule has 0 aliphatic carbocycles. The maximum Gasteiger partial charge on any atom is 0.471 e. The molecule has 1 aromatic carbocycles. The van der Waals surface area contributed by atoms with Crippen LogP contribution in [0, 0.1) is 6.92 Å². The van der Waals surface area contributed by atoms with Gasteiger partial charge in [0.1, 0.15) is 0 Å². The lowest BCUT2D eigenvalue weighted by Crippen LogP contribution is -2.30. The first-order valence-electron chi connectivity index (χ1n) is 5.93. The molecule has 0 spiro atoms. The predicted octanol–water partition coefficient (Wildman–Crippen LogP) is 3.39. The number of anilines is 1. The lowest BCUT2D eigenvalue weighted by molar-refractivity contribution is -0.167. The van der Waals surface area contributed by atoms with Gasteiger partial charge in [0, 0.05) is 16.8 Å². The van der Waals surface area contributed by atoms with Gasteiger partial charge in [0.25, 0.3) is 0 Å². The first-order chi connectivity index (χ1) is 9.75. The Bertz CT molecular complexity index is 650. The van der Waals surface area contributed by atoms with Gasteiger partial charge in [0.05, 0.1) is 6.54 Å². The van der Waals surface area contributed by atoms with Crippen molar-refractivity contribution in [3.05, 3.63) is 46.6 Å². The normalized spacial score (nSPS) is 11.5. The van der Waals surface area contributed by atoms with Gasteiger partial charge in [-0.25, -0.2) is 0 Å². The molecule has 0 aliphatic rings. The number of aromatic nitrogens is 2. The van der Waals surface area contributed by atoms with E-state index in [-0.39, 0.29) is 5.82 Å². The van der Waals surface area contributed by atoms with E-state index in [0.717, 1.165) is 5.56 Å². The summed E-state index contributed by atoms with van der Waals surface area (Å²) in [5.41, 5.74) is 1.52. The fourth-order valence-electron chi connectivity index (χ4n) is 1.68. The third-order valence-corrected chi connectivity index (χ3v) is 2.98. The fraction of sp³-hybridized carbons (Fsp3) is 0.231. The highest BCUT2D eigenvalue weighted by atomic mass is 35.5. The smallest absolute Gasteiger partial charge is 0.301 e. The van der Waals surface area contributed by atoms with Gasteiger partial charge in [-0.2, -0.15) is 18.3 Å². The molecule has 1 heterocycles. The molecule has 0 aliphatic heterocycles. The molecule has 0 bridgehead atoms. The zero-order valence-corrected chi connectivity index (χ0v) is 11.7. The molecule has 1 amide bonds. The summed E-state index contributed by atoms with van der Waals surface area (Å²) in [6.07, 6.45) is -4.94. The van der Waals surface area contributed by atoms with Gasteiger partial charge in [-0.05, 0) is 24.6 Å². The van der Waals surface area contributed by atoms with Crippen molar-refractivity contribution < 1.29 is 18.0 Å². The molecule has 112 valence electrons. The molecular formula is C13H11ClF3N3O. The van der Waals surface area contributed by atoms with Gasteiger partial charge in [0.15, 0.2) is 5.82 Å². The van der Waals surface area contributed by atoms with Gasteiger partial charge in [-0.3, -0.25) is 9.48 Å². The zero-order chi connectivity index (χ0) is 15.6. The van der Waals surface area contributed by atoms with Crippen LogP contribution in [0.2, 0.25) is 5.02 Å². The van der Waals surface area contributed by atoms with Crippen molar-refractivity contribution in [1.29, 1.82) is 0 Å². The summed E-state index contributed by atoms with van der Waals surface area (Å²) >= 11 is 5.77. The Morgan fingerprint density at radius 2 is 1.95 bits per heavy atom. The monoisotopic (exact) mass is 317 g/mol. The van der Waals surface area contributed by atoms with E-state index in [0.29, 0.717) is 17.3 Å². The molecule has 1 aromatic heterocycles. The van der Waals surface area contributed by atoms with Crippen molar-refractivity contribution in [3.63, 3.8) is 0 Å². The minimum atomic E-state index is -4.94. The van der Waals surface area contributed by atoms with Crippen molar-refractivity contribution in [3.8, 4) is 0 Å². The van der Waals surface area contributed by atoms with Crippen LogP contribution in [0.25, 0.3) is 0 Å². The number of hydrogen-bond acceptors (Lipinski definition) is 2. The largest absolute Gasteiger partial charge is 0.471 e. The zero-order valence-electron chi connectivity index (χ0n) is 10.9. The molecule has 0 fully saturated rings. The van der Waals surface area contributed by atoms with Gasteiger partial charge >= 0.3 is 12.1 Å². The first kappa shape index (κ1) is 15.4. The highest BCUT2D eigenvalue weighted by Gasteiger charge is 2.39. The summed E-state index contributed by atoms with van der Waals surface area (Å²) in [5, 5.41) is 6.25. The molecule has 21 heavy (non-hydrogen) atoms. The van der Waals surface area contributed by atoms with E-state index < -0.39 is 12.1 Å². The average Bonchev–Trinajstić information content (AvgIpc) is 2.71. The molecule has 0 atom stereocenters. The number of aryl methyl sites for hydroxylation is 1.